The molecule has 2 rings (SSSR count). The summed E-state index contributed by atoms with van der Waals surface area (Å²) < 4.78 is 4.91. The monoisotopic (exact) mass is 276 g/mol. The average molecular weight is 276 g/mol. The molecule has 1 aromatic carbocycles. The molecule has 0 bridgehead atoms. The first-order chi connectivity index (χ1) is 9.69. The summed E-state index contributed by atoms with van der Waals surface area (Å²) in [4.78, 5) is 25.0. The van der Waals surface area contributed by atoms with Crippen molar-refractivity contribution in [3.05, 3.63) is 35.9 Å². The highest BCUT2D eigenvalue weighted by Crippen LogP contribution is 2.15. The van der Waals surface area contributed by atoms with Gasteiger partial charge in [-0.05, 0) is 18.9 Å². The van der Waals surface area contributed by atoms with Crippen LogP contribution in [-0.4, -0.2) is 36.1 Å². The number of esters is 1. The van der Waals surface area contributed by atoms with Gasteiger partial charge in [-0.25, -0.2) is 0 Å². The van der Waals surface area contributed by atoms with Crippen LogP contribution in [-0.2, 0) is 20.9 Å². The summed E-state index contributed by atoms with van der Waals surface area (Å²) in [6.07, 6.45) is 0.814. The van der Waals surface area contributed by atoms with Gasteiger partial charge in [0.15, 0.2) is 0 Å². The van der Waals surface area contributed by atoms with Crippen LogP contribution in [0, 0.1) is 0 Å². The van der Waals surface area contributed by atoms with Gasteiger partial charge < -0.3 is 10.1 Å². The van der Waals surface area contributed by atoms with Crippen molar-refractivity contribution >= 4 is 11.9 Å². The number of amides is 1. The largest absolute Gasteiger partial charge is 0.466 e. The molecule has 1 atom stereocenters. The SMILES string of the molecule is CCOC(=O)CCC1NC(=O)CN1Cc1ccccc1. The Bertz CT molecular complexity index is 461. The van der Waals surface area contributed by atoms with E-state index in [0.29, 0.717) is 32.5 Å². The first kappa shape index (κ1) is 14.5. The number of hydrogen-bond acceptors (Lipinski definition) is 4. The summed E-state index contributed by atoms with van der Waals surface area (Å²) in [7, 11) is 0. The van der Waals surface area contributed by atoms with Crippen molar-refractivity contribution in [2.24, 2.45) is 0 Å². The van der Waals surface area contributed by atoms with Crippen molar-refractivity contribution in [2.75, 3.05) is 13.2 Å². The molecule has 0 saturated carbocycles. The number of benzene rings is 1. The molecule has 5 heteroatoms. The zero-order valence-electron chi connectivity index (χ0n) is 11.7. The smallest absolute Gasteiger partial charge is 0.305 e. The van der Waals surface area contributed by atoms with Crippen LogP contribution < -0.4 is 5.32 Å². The van der Waals surface area contributed by atoms with Gasteiger partial charge in [0.25, 0.3) is 0 Å². The lowest BCUT2D eigenvalue weighted by atomic mass is 10.2. The van der Waals surface area contributed by atoms with Crippen molar-refractivity contribution in [1.82, 2.24) is 10.2 Å². The van der Waals surface area contributed by atoms with Crippen LogP contribution in [0.3, 0.4) is 0 Å². The second-order valence-electron chi connectivity index (χ2n) is 4.82. The predicted molar refractivity (Wildman–Crippen MR) is 74.6 cm³/mol. The lowest BCUT2D eigenvalue weighted by molar-refractivity contribution is -0.143. The van der Waals surface area contributed by atoms with Crippen LogP contribution in [0.5, 0.6) is 0 Å². The second-order valence-corrected chi connectivity index (χ2v) is 4.82. The van der Waals surface area contributed by atoms with Crippen molar-refractivity contribution in [3.63, 3.8) is 0 Å². The van der Waals surface area contributed by atoms with Crippen LogP contribution in [0.1, 0.15) is 25.3 Å². The molecule has 1 aliphatic heterocycles. The Morgan fingerprint density at radius 3 is 2.85 bits per heavy atom. The van der Waals surface area contributed by atoms with E-state index < -0.39 is 0 Å². The van der Waals surface area contributed by atoms with E-state index in [9.17, 15) is 9.59 Å². The molecule has 0 spiro atoms. The summed E-state index contributed by atoms with van der Waals surface area (Å²) in [5.41, 5.74) is 1.16. The van der Waals surface area contributed by atoms with Gasteiger partial charge in [0.05, 0.1) is 19.3 Å². The minimum atomic E-state index is -0.215. The molecule has 1 aromatic rings. The number of carbonyl (C=O) groups is 2. The third-order valence-electron chi connectivity index (χ3n) is 3.27. The lowest BCUT2D eigenvalue weighted by Crippen LogP contribution is -2.36. The summed E-state index contributed by atoms with van der Waals surface area (Å²) in [5.74, 6) is -0.205. The summed E-state index contributed by atoms with van der Waals surface area (Å²) in [6.45, 7) is 3.26. The highest BCUT2D eigenvalue weighted by atomic mass is 16.5. The van der Waals surface area contributed by atoms with Gasteiger partial charge in [0.2, 0.25) is 5.91 Å². The quantitative estimate of drug-likeness (QED) is 0.795. The maximum atomic E-state index is 11.6. The topological polar surface area (TPSA) is 58.6 Å². The Morgan fingerprint density at radius 2 is 2.15 bits per heavy atom. The molecule has 1 N–H and O–H groups in total. The van der Waals surface area contributed by atoms with E-state index in [4.69, 9.17) is 4.74 Å². The highest BCUT2D eigenvalue weighted by molar-refractivity contribution is 5.80. The molecule has 1 heterocycles. The van der Waals surface area contributed by atoms with Gasteiger partial charge in [-0.3, -0.25) is 14.5 Å². The van der Waals surface area contributed by atoms with E-state index in [1.165, 1.54) is 0 Å². The third kappa shape index (κ3) is 4.06. The molecule has 0 radical (unpaired) electrons. The number of nitrogens with zero attached hydrogens (tertiary/aromatic N) is 1. The maximum Gasteiger partial charge on any atom is 0.305 e. The second kappa shape index (κ2) is 7.05. The van der Waals surface area contributed by atoms with Crippen molar-refractivity contribution in [1.29, 1.82) is 0 Å². The van der Waals surface area contributed by atoms with Gasteiger partial charge in [-0.1, -0.05) is 30.3 Å². The van der Waals surface area contributed by atoms with Crippen molar-refractivity contribution < 1.29 is 14.3 Å². The number of rotatable bonds is 6. The highest BCUT2D eigenvalue weighted by Gasteiger charge is 2.29. The Morgan fingerprint density at radius 1 is 1.40 bits per heavy atom. The molecule has 5 nitrogen and oxygen atoms in total. The third-order valence-corrected chi connectivity index (χ3v) is 3.27. The minimum absolute atomic E-state index is 0.00906. The zero-order valence-corrected chi connectivity index (χ0v) is 11.7. The molecule has 1 aliphatic rings. The molecule has 1 saturated heterocycles. The number of carbonyl (C=O) groups excluding carboxylic acids is 2. The van der Waals surface area contributed by atoms with Gasteiger partial charge in [-0.2, -0.15) is 0 Å². The fourth-order valence-electron chi connectivity index (χ4n) is 2.34. The van der Waals surface area contributed by atoms with Crippen LogP contribution in [0.25, 0.3) is 0 Å². The first-order valence-electron chi connectivity index (χ1n) is 6.92. The number of ether oxygens (including phenoxy) is 1. The van der Waals surface area contributed by atoms with Crippen molar-refractivity contribution in [2.45, 2.75) is 32.5 Å². The Balaban J connectivity index is 1.89. The van der Waals surface area contributed by atoms with Gasteiger partial charge >= 0.3 is 5.97 Å². The van der Waals surface area contributed by atoms with E-state index in [1.807, 2.05) is 30.3 Å². The molecular formula is C15H20N2O3. The normalized spacial score (nSPS) is 18.9. The van der Waals surface area contributed by atoms with Crippen LogP contribution in [0.2, 0.25) is 0 Å². The first-order valence-corrected chi connectivity index (χ1v) is 6.92. The Labute approximate surface area is 118 Å². The van der Waals surface area contributed by atoms with E-state index in [-0.39, 0.29) is 18.0 Å². The van der Waals surface area contributed by atoms with Gasteiger partial charge in [0.1, 0.15) is 0 Å². The lowest BCUT2D eigenvalue weighted by Gasteiger charge is -2.22. The summed E-state index contributed by atoms with van der Waals surface area (Å²) >= 11 is 0. The van der Waals surface area contributed by atoms with E-state index in [2.05, 4.69) is 10.2 Å². The Hall–Kier alpha value is -1.88. The molecular weight excluding hydrogens is 256 g/mol. The van der Waals surface area contributed by atoms with Crippen LogP contribution in [0.15, 0.2) is 30.3 Å². The van der Waals surface area contributed by atoms with Crippen LogP contribution >= 0.6 is 0 Å². The molecule has 1 fully saturated rings. The zero-order chi connectivity index (χ0) is 14.4. The minimum Gasteiger partial charge on any atom is -0.466 e. The summed E-state index contributed by atoms with van der Waals surface area (Å²) in [5, 5.41) is 2.90. The van der Waals surface area contributed by atoms with Crippen molar-refractivity contribution in [3.8, 4) is 0 Å². The standard InChI is InChI=1S/C15H20N2O3/c1-2-20-15(19)9-8-13-16-14(18)11-17(13)10-12-6-4-3-5-7-12/h3-7,13H,2,8-11H2,1H3,(H,16,18). The molecule has 20 heavy (non-hydrogen) atoms. The molecule has 1 amide bonds. The number of nitrogens with one attached hydrogen (secondary N) is 1. The number of hydrogen-bond donors (Lipinski definition) is 1. The average Bonchev–Trinajstić information content (AvgIpc) is 2.78. The van der Waals surface area contributed by atoms with E-state index in [0.717, 1.165) is 5.56 Å². The summed E-state index contributed by atoms with van der Waals surface area (Å²) in [6, 6.07) is 9.99. The van der Waals surface area contributed by atoms with Gasteiger partial charge in [0, 0.05) is 13.0 Å². The van der Waals surface area contributed by atoms with Gasteiger partial charge in [-0.15, -0.1) is 0 Å². The molecule has 108 valence electrons. The Kier molecular flexibility index (Phi) is 5.12. The maximum absolute atomic E-state index is 11.6. The van der Waals surface area contributed by atoms with E-state index in [1.54, 1.807) is 6.92 Å². The van der Waals surface area contributed by atoms with Crippen LogP contribution in [0.4, 0.5) is 0 Å². The fourth-order valence-corrected chi connectivity index (χ4v) is 2.34. The molecule has 1 unspecified atom stereocenters. The molecule has 0 aromatic heterocycles. The van der Waals surface area contributed by atoms with E-state index >= 15 is 0 Å². The predicted octanol–water partition coefficient (Wildman–Crippen LogP) is 1.29. The molecule has 0 aliphatic carbocycles. The fraction of sp³-hybridized carbons (Fsp3) is 0.467.